The molecule has 0 aliphatic carbocycles. The van der Waals surface area contributed by atoms with Gasteiger partial charge < -0.3 is 15.0 Å². The van der Waals surface area contributed by atoms with Crippen molar-refractivity contribution in [2.45, 2.75) is 32.9 Å². The second-order valence-electron chi connectivity index (χ2n) is 11.5. The zero-order chi connectivity index (χ0) is 31.5. The number of carbonyl (C=O) groups is 2. The number of carboxylic acids is 1. The average Bonchev–Trinajstić information content (AvgIpc) is 3.43. The first kappa shape index (κ1) is 29.6. The van der Waals surface area contributed by atoms with Crippen LogP contribution in [-0.2, 0) is 13.0 Å². The van der Waals surface area contributed by atoms with E-state index in [0.717, 1.165) is 49.8 Å². The lowest BCUT2D eigenvalue weighted by atomic mass is 9.95. The molecule has 6 heteroatoms. The van der Waals surface area contributed by atoms with Crippen molar-refractivity contribution in [2.75, 3.05) is 0 Å². The lowest BCUT2D eigenvalue weighted by molar-refractivity contribution is 0.0696. The SMILES string of the molecule is CC(C)n1cc(Cc2ccc(-c3ccccc3)cc2)c2c(C(=O)NCc3ccc(C(=O)O)cc3)cc(-c3ccc(F)cc3)cc21. The van der Waals surface area contributed by atoms with Gasteiger partial charge in [0.25, 0.3) is 5.91 Å². The third-order valence-electron chi connectivity index (χ3n) is 8.10. The van der Waals surface area contributed by atoms with Crippen LogP contribution in [0.4, 0.5) is 4.39 Å². The summed E-state index contributed by atoms with van der Waals surface area (Å²) in [6, 6.07) is 35.6. The highest BCUT2D eigenvalue weighted by molar-refractivity contribution is 6.09. The van der Waals surface area contributed by atoms with E-state index in [0.29, 0.717) is 12.0 Å². The Morgan fingerprint density at radius 2 is 1.36 bits per heavy atom. The molecule has 224 valence electrons. The molecule has 5 nitrogen and oxygen atoms in total. The number of aromatic nitrogens is 1. The first-order chi connectivity index (χ1) is 21.8. The minimum absolute atomic E-state index is 0.133. The number of rotatable bonds is 9. The summed E-state index contributed by atoms with van der Waals surface area (Å²) < 4.78 is 16.0. The molecule has 0 aliphatic heterocycles. The molecule has 0 radical (unpaired) electrons. The first-order valence-corrected chi connectivity index (χ1v) is 14.9. The monoisotopic (exact) mass is 596 g/mol. The Bertz CT molecular complexity index is 1980. The molecule has 6 aromatic rings. The number of nitrogens with zero attached hydrogens (tertiary/aromatic N) is 1. The molecule has 1 heterocycles. The van der Waals surface area contributed by atoms with Gasteiger partial charge in [-0.15, -0.1) is 0 Å². The van der Waals surface area contributed by atoms with Crippen molar-refractivity contribution in [3.05, 3.63) is 155 Å². The maximum atomic E-state index is 14.0. The second-order valence-corrected chi connectivity index (χ2v) is 11.5. The van der Waals surface area contributed by atoms with Crippen LogP contribution >= 0.6 is 0 Å². The van der Waals surface area contributed by atoms with Gasteiger partial charge in [0.1, 0.15) is 5.82 Å². The lowest BCUT2D eigenvalue weighted by Crippen LogP contribution is -2.23. The van der Waals surface area contributed by atoms with Crippen molar-refractivity contribution < 1.29 is 19.1 Å². The lowest BCUT2D eigenvalue weighted by Gasteiger charge is -2.14. The number of hydrogen-bond donors (Lipinski definition) is 2. The Morgan fingerprint density at radius 1 is 0.756 bits per heavy atom. The van der Waals surface area contributed by atoms with Crippen LogP contribution in [0.3, 0.4) is 0 Å². The molecular weight excluding hydrogens is 563 g/mol. The molecule has 1 amide bonds. The quantitative estimate of drug-likeness (QED) is 0.175. The maximum absolute atomic E-state index is 14.0. The van der Waals surface area contributed by atoms with E-state index in [1.165, 1.54) is 24.3 Å². The number of carbonyl (C=O) groups excluding carboxylic acids is 1. The summed E-state index contributed by atoms with van der Waals surface area (Å²) >= 11 is 0. The van der Waals surface area contributed by atoms with E-state index in [9.17, 15) is 19.1 Å². The molecule has 1 aromatic heterocycles. The highest BCUT2D eigenvalue weighted by Crippen LogP contribution is 2.35. The van der Waals surface area contributed by atoms with Crippen LogP contribution in [0.5, 0.6) is 0 Å². The third kappa shape index (κ3) is 6.41. The van der Waals surface area contributed by atoms with Crippen LogP contribution in [0.15, 0.2) is 121 Å². The van der Waals surface area contributed by atoms with Gasteiger partial charge in [-0.1, -0.05) is 78.9 Å². The molecular formula is C39H33FN2O3. The Balaban J connectivity index is 1.41. The summed E-state index contributed by atoms with van der Waals surface area (Å²) in [5.74, 6) is -1.56. The number of benzene rings is 5. The van der Waals surface area contributed by atoms with Crippen molar-refractivity contribution in [1.82, 2.24) is 9.88 Å². The third-order valence-corrected chi connectivity index (χ3v) is 8.10. The fourth-order valence-corrected chi connectivity index (χ4v) is 5.73. The van der Waals surface area contributed by atoms with Gasteiger partial charge in [-0.3, -0.25) is 4.79 Å². The largest absolute Gasteiger partial charge is 0.478 e. The summed E-state index contributed by atoms with van der Waals surface area (Å²) in [4.78, 5) is 25.2. The number of hydrogen-bond acceptors (Lipinski definition) is 2. The predicted octanol–water partition coefficient (Wildman–Crippen LogP) is 8.91. The van der Waals surface area contributed by atoms with Gasteiger partial charge in [0.05, 0.1) is 5.56 Å². The summed E-state index contributed by atoms with van der Waals surface area (Å²) in [5.41, 5.74) is 8.53. The van der Waals surface area contributed by atoms with Crippen LogP contribution < -0.4 is 5.32 Å². The number of nitrogens with one attached hydrogen (secondary N) is 1. The number of amides is 1. The molecule has 0 saturated heterocycles. The van der Waals surface area contributed by atoms with Crippen molar-refractivity contribution >= 4 is 22.8 Å². The first-order valence-electron chi connectivity index (χ1n) is 14.9. The van der Waals surface area contributed by atoms with Crippen molar-refractivity contribution in [3.63, 3.8) is 0 Å². The van der Waals surface area contributed by atoms with E-state index in [-0.39, 0.29) is 29.9 Å². The summed E-state index contributed by atoms with van der Waals surface area (Å²) in [6.07, 6.45) is 2.77. The van der Waals surface area contributed by atoms with E-state index in [2.05, 4.69) is 72.4 Å². The molecule has 0 spiro atoms. The van der Waals surface area contributed by atoms with Crippen LogP contribution in [0.2, 0.25) is 0 Å². The molecule has 6 rings (SSSR count). The highest BCUT2D eigenvalue weighted by Gasteiger charge is 2.21. The van der Waals surface area contributed by atoms with Gasteiger partial charge in [-0.05, 0) is 95.6 Å². The van der Waals surface area contributed by atoms with Crippen molar-refractivity contribution in [3.8, 4) is 22.3 Å². The zero-order valence-electron chi connectivity index (χ0n) is 25.1. The fourth-order valence-electron chi connectivity index (χ4n) is 5.73. The van der Waals surface area contributed by atoms with Gasteiger partial charge in [0, 0.05) is 35.2 Å². The molecule has 0 atom stereocenters. The molecule has 0 saturated carbocycles. The van der Waals surface area contributed by atoms with Gasteiger partial charge in [0.15, 0.2) is 0 Å². The number of carboxylic acid groups (broad SMARTS) is 1. The molecule has 0 bridgehead atoms. The number of aromatic carboxylic acids is 1. The van der Waals surface area contributed by atoms with Gasteiger partial charge in [-0.2, -0.15) is 0 Å². The number of fused-ring (bicyclic) bond motifs is 1. The normalized spacial score (nSPS) is 11.2. The van der Waals surface area contributed by atoms with E-state index < -0.39 is 5.97 Å². The van der Waals surface area contributed by atoms with Gasteiger partial charge >= 0.3 is 5.97 Å². The minimum atomic E-state index is -0.998. The van der Waals surface area contributed by atoms with Gasteiger partial charge in [-0.25, -0.2) is 9.18 Å². The standard InChI is InChI=1S/C39H33FN2O3/c1-25(2)42-24-33(20-26-8-12-29(13-9-26)28-6-4-3-5-7-28)37-35(21-32(22-36(37)42)30-16-18-34(40)19-17-30)38(43)41-23-27-10-14-31(15-11-27)39(44)45/h3-19,21-22,24-25H,20,23H2,1-2H3,(H,41,43)(H,44,45). The second kappa shape index (κ2) is 12.6. The van der Waals surface area contributed by atoms with E-state index in [1.807, 2.05) is 24.3 Å². The average molecular weight is 597 g/mol. The Morgan fingerprint density at radius 3 is 2.00 bits per heavy atom. The van der Waals surface area contributed by atoms with E-state index >= 15 is 0 Å². The molecule has 0 fully saturated rings. The Hall–Kier alpha value is -5.49. The van der Waals surface area contributed by atoms with E-state index in [1.54, 1.807) is 24.3 Å². The van der Waals surface area contributed by atoms with Gasteiger partial charge in [0.2, 0.25) is 0 Å². The molecule has 0 aliphatic rings. The highest BCUT2D eigenvalue weighted by atomic mass is 19.1. The Labute approximate surface area is 261 Å². The molecule has 2 N–H and O–H groups in total. The van der Waals surface area contributed by atoms with Crippen LogP contribution in [0, 0.1) is 5.82 Å². The zero-order valence-corrected chi connectivity index (χ0v) is 25.1. The van der Waals surface area contributed by atoms with Crippen LogP contribution in [0.25, 0.3) is 33.2 Å². The van der Waals surface area contributed by atoms with E-state index in [4.69, 9.17) is 0 Å². The Kier molecular flexibility index (Phi) is 8.30. The van der Waals surface area contributed by atoms with Crippen LogP contribution in [-0.4, -0.2) is 21.6 Å². The number of halogens is 1. The topological polar surface area (TPSA) is 71.3 Å². The molecule has 45 heavy (non-hydrogen) atoms. The van der Waals surface area contributed by atoms with Crippen molar-refractivity contribution in [1.29, 1.82) is 0 Å². The minimum Gasteiger partial charge on any atom is -0.478 e. The predicted molar refractivity (Wildman–Crippen MR) is 177 cm³/mol. The summed E-state index contributed by atoms with van der Waals surface area (Å²) in [7, 11) is 0. The molecule has 5 aromatic carbocycles. The smallest absolute Gasteiger partial charge is 0.335 e. The maximum Gasteiger partial charge on any atom is 0.335 e. The molecule has 0 unspecified atom stereocenters. The van der Waals surface area contributed by atoms with Crippen LogP contribution in [0.1, 0.15) is 57.3 Å². The fraction of sp³-hybridized carbons (Fsp3) is 0.128. The summed E-state index contributed by atoms with van der Waals surface area (Å²) in [5, 5.41) is 13.1. The van der Waals surface area contributed by atoms with Crippen molar-refractivity contribution in [2.24, 2.45) is 0 Å². The summed E-state index contributed by atoms with van der Waals surface area (Å²) in [6.45, 7) is 4.47.